The van der Waals surface area contributed by atoms with E-state index in [1.807, 2.05) is 23.0 Å². The van der Waals surface area contributed by atoms with E-state index in [4.69, 9.17) is 0 Å². The quantitative estimate of drug-likeness (QED) is 0.376. The highest BCUT2D eigenvalue weighted by molar-refractivity contribution is 5.80. The van der Waals surface area contributed by atoms with Gasteiger partial charge in [-0.25, -0.2) is 4.68 Å². The van der Waals surface area contributed by atoms with Crippen molar-refractivity contribution in [3.63, 3.8) is 0 Å². The number of aromatic amines is 1. The van der Waals surface area contributed by atoms with Gasteiger partial charge in [-0.2, -0.15) is 0 Å². The Morgan fingerprint density at radius 3 is 2.61 bits per heavy atom. The first kappa shape index (κ1) is 24.3. The molecular formula is C28H35N7O. The van der Waals surface area contributed by atoms with Gasteiger partial charge in [-0.3, -0.25) is 14.7 Å². The molecule has 188 valence electrons. The van der Waals surface area contributed by atoms with Gasteiger partial charge in [-0.1, -0.05) is 32.8 Å². The zero-order valence-electron chi connectivity index (χ0n) is 21.6. The fraction of sp³-hybridized carbons (Fsp3) is 0.464. The van der Waals surface area contributed by atoms with Crippen molar-refractivity contribution in [3.05, 3.63) is 81.2 Å². The first-order valence-electron chi connectivity index (χ1n) is 12.9. The highest BCUT2D eigenvalue weighted by Gasteiger charge is 2.32. The second-order valence-corrected chi connectivity index (χ2v) is 10.5. The van der Waals surface area contributed by atoms with Crippen molar-refractivity contribution in [1.82, 2.24) is 35.1 Å². The molecule has 1 aromatic carbocycles. The standard InChI is InChI=1S/C28H35N7O/c1-18(2)26(27-31-32-33-35(27)24-9-5-6-10-24)34(16-21-8-7-11-29-15-21)17-23-14-22-12-19(3)20(4)13-25(22)30-28(23)36/h7-8,11-15,18,24,26H,5-6,9-10,16-17H2,1-4H3,(H,30,36). The molecule has 1 saturated carbocycles. The molecule has 0 spiro atoms. The van der Waals surface area contributed by atoms with E-state index >= 15 is 0 Å². The number of fused-ring (bicyclic) bond motifs is 1. The number of hydrogen-bond donors (Lipinski definition) is 1. The van der Waals surface area contributed by atoms with Crippen LogP contribution in [0.15, 0.2) is 47.5 Å². The van der Waals surface area contributed by atoms with Crippen LogP contribution in [0.25, 0.3) is 10.9 Å². The van der Waals surface area contributed by atoms with E-state index in [0.717, 1.165) is 40.7 Å². The van der Waals surface area contributed by atoms with Crippen molar-refractivity contribution >= 4 is 10.9 Å². The Morgan fingerprint density at radius 1 is 1.11 bits per heavy atom. The van der Waals surface area contributed by atoms with Crippen LogP contribution in [0, 0.1) is 19.8 Å². The van der Waals surface area contributed by atoms with Gasteiger partial charge >= 0.3 is 0 Å². The Balaban J connectivity index is 1.57. The predicted octanol–water partition coefficient (Wildman–Crippen LogP) is 5.04. The molecule has 1 atom stereocenters. The van der Waals surface area contributed by atoms with Crippen LogP contribution in [0.3, 0.4) is 0 Å². The summed E-state index contributed by atoms with van der Waals surface area (Å²) < 4.78 is 2.05. The maximum atomic E-state index is 13.2. The van der Waals surface area contributed by atoms with Crippen LogP contribution in [-0.2, 0) is 13.1 Å². The molecule has 36 heavy (non-hydrogen) atoms. The van der Waals surface area contributed by atoms with Gasteiger partial charge in [0.15, 0.2) is 5.82 Å². The topological polar surface area (TPSA) is 92.6 Å². The zero-order valence-corrected chi connectivity index (χ0v) is 21.6. The molecule has 1 unspecified atom stereocenters. The molecule has 3 aromatic heterocycles. The van der Waals surface area contributed by atoms with E-state index < -0.39 is 0 Å². The highest BCUT2D eigenvalue weighted by atomic mass is 16.1. The summed E-state index contributed by atoms with van der Waals surface area (Å²) in [4.78, 5) is 23.0. The summed E-state index contributed by atoms with van der Waals surface area (Å²) in [6.07, 6.45) is 8.30. The number of rotatable bonds is 8. The average molecular weight is 486 g/mol. The third-order valence-corrected chi connectivity index (χ3v) is 7.50. The highest BCUT2D eigenvalue weighted by Crippen LogP contribution is 2.35. The summed E-state index contributed by atoms with van der Waals surface area (Å²) >= 11 is 0. The van der Waals surface area contributed by atoms with E-state index in [1.54, 1.807) is 6.20 Å². The minimum atomic E-state index is -0.0596. The third kappa shape index (κ3) is 4.95. The lowest BCUT2D eigenvalue weighted by molar-refractivity contribution is 0.123. The number of pyridine rings is 2. The maximum Gasteiger partial charge on any atom is 0.252 e. The van der Waals surface area contributed by atoms with Crippen LogP contribution in [-0.4, -0.2) is 35.1 Å². The number of hydrogen-bond acceptors (Lipinski definition) is 6. The summed E-state index contributed by atoms with van der Waals surface area (Å²) in [6.45, 7) is 9.69. The number of aromatic nitrogens is 6. The molecule has 1 fully saturated rings. The fourth-order valence-electron chi connectivity index (χ4n) is 5.52. The zero-order chi connectivity index (χ0) is 25.2. The molecule has 0 saturated heterocycles. The van der Waals surface area contributed by atoms with Crippen molar-refractivity contribution in [3.8, 4) is 0 Å². The SMILES string of the molecule is Cc1cc2cc(CN(Cc3cccnc3)C(c3nnnn3C3CCCC3)C(C)C)c(=O)[nH]c2cc1C. The van der Waals surface area contributed by atoms with Gasteiger partial charge in [0.2, 0.25) is 0 Å². The minimum Gasteiger partial charge on any atom is -0.322 e. The predicted molar refractivity (Wildman–Crippen MR) is 140 cm³/mol. The Bertz CT molecular complexity index is 1390. The van der Waals surface area contributed by atoms with E-state index in [9.17, 15) is 4.79 Å². The van der Waals surface area contributed by atoms with E-state index in [0.29, 0.717) is 19.1 Å². The Hall–Kier alpha value is -3.39. The second-order valence-electron chi connectivity index (χ2n) is 10.5. The molecule has 3 heterocycles. The minimum absolute atomic E-state index is 0.0557. The molecule has 4 aromatic rings. The van der Waals surface area contributed by atoms with Gasteiger partial charge in [0.05, 0.1) is 12.1 Å². The van der Waals surface area contributed by atoms with Gasteiger partial charge < -0.3 is 4.98 Å². The van der Waals surface area contributed by atoms with Crippen LogP contribution in [0.4, 0.5) is 0 Å². The molecule has 0 bridgehead atoms. The molecular weight excluding hydrogens is 450 g/mol. The lowest BCUT2D eigenvalue weighted by atomic mass is 9.99. The van der Waals surface area contributed by atoms with Crippen molar-refractivity contribution in [2.24, 2.45) is 5.92 Å². The Morgan fingerprint density at radius 2 is 1.89 bits per heavy atom. The molecule has 1 aliphatic rings. The van der Waals surface area contributed by atoms with Gasteiger partial charge in [0, 0.05) is 36.6 Å². The molecule has 5 rings (SSSR count). The molecule has 0 aliphatic heterocycles. The third-order valence-electron chi connectivity index (χ3n) is 7.50. The van der Waals surface area contributed by atoms with Gasteiger partial charge in [-0.05, 0) is 89.4 Å². The number of aryl methyl sites for hydroxylation is 2. The number of tetrazole rings is 1. The molecule has 0 radical (unpaired) electrons. The summed E-state index contributed by atoms with van der Waals surface area (Å²) in [6, 6.07) is 10.5. The molecule has 1 aliphatic carbocycles. The summed E-state index contributed by atoms with van der Waals surface area (Å²) in [5.74, 6) is 1.11. The van der Waals surface area contributed by atoms with Crippen molar-refractivity contribution in [1.29, 1.82) is 0 Å². The first-order valence-corrected chi connectivity index (χ1v) is 12.9. The van der Waals surface area contributed by atoms with Crippen LogP contribution < -0.4 is 5.56 Å². The summed E-state index contributed by atoms with van der Waals surface area (Å²) in [5.41, 5.74) is 5.02. The van der Waals surface area contributed by atoms with Crippen molar-refractivity contribution in [2.45, 2.75) is 78.6 Å². The number of nitrogens with one attached hydrogen (secondary N) is 1. The molecule has 0 amide bonds. The average Bonchev–Trinajstić information content (AvgIpc) is 3.54. The van der Waals surface area contributed by atoms with E-state index in [-0.39, 0.29) is 17.5 Å². The lowest BCUT2D eigenvalue weighted by Gasteiger charge is -2.34. The first-order chi connectivity index (χ1) is 17.4. The largest absolute Gasteiger partial charge is 0.322 e. The molecule has 8 nitrogen and oxygen atoms in total. The number of benzene rings is 1. The number of H-pyrrole nitrogens is 1. The summed E-state index contributed by atoms with van der Waals surface area (Å²) in [5, 5.41) is 14.1. The van der Waals surface area contributed by atoms with Crippen molar-refractivity contribution in [2.75, 3.05) is 0 Å². The molecule has 1 N–H and O–H groups in total. The van der Waals surface area contributed by atoms with E-state index in [2.05, 4.69) is 76.3 Å². The van der Waals surface area contributed by atoms with Crippen molar-refractivity contribution < 1.29 is 0 Å². The van der Waals surface area contributed by atoms with Gasteiger partial charge in [-0.15, -0.1) is 5.10 Å². The normalized spacial score (nSPS) is 15.4. The van der Waals surface area contributed by atoms with Crippen LogP contribution in [0.5, 0.6) is 0 Å². The monoisotopic (exact) mass is 485 g/mol. The van der Waals surface area contributed by atoms with Crippen LogP contribution in [0.2, 0.25) is 0 Å². The lowest BCUT2D eigenvalue weighted by Crippen LogP contribution is -2.35. The Labute approximate surface area is 211 Å². The molecule has 8 heteroatoms. The smallest absolute Gasteiger partial charge is 0.252 e. The summed E-state index contributed by atoms with van der Waals surface area (Å²) in [7, 11) is 0. The van der Waals surface area contributed by atoms with Crippen LogP contribution >= 0.6 is 0 Å². The maximum absolute atomic E-state index is 13.2. The number of nitrogens with zero attached hydrogens (tertiary/aromatic N) is 6. The van der Waals surface area contributed by atoms with Gasteiger partial charge in [0.25, 0.3) is 5.56 Å². The fourth-order valence-corrected chi connectivity index (χ4v) is 5.52. The van der Waals surface area contributed by atoms with Crippen LogP contribution in [0.1, 0.15) is 79.7 Å². The Kier molecular flexibility index (Phi) is 6.96. The second kappa shape index (κ2) is 10.3. The van der Waals surface area contributed by atoms with E-state index in [1.165, 1.54) is 24.0 Å². The van der Waals surface area contributed by atoms with Gasteiger partial charge in [0.1, 0.15) is 0 Å².